The van der Waals surface area contributed by atoms with E-state index in [9.17, 15) is 13.2 Å². The Labute approximate surface area is 191 Å². The summed E-state index contributed by atoms with van der Waals surface area (Å²) in [5, 5.41) is 0. The van der Waals surface area contributed by atoms with Gasteiger partial charge in [0.15, 0.2) is 6.61 Å². The van der Waals surface area contributed by atoms with Crippen LogP contribution in [0.5, 0.6) is 5.75 Å². The average Bonchev–Trinajstić information content (AvgIpc) is 2.79. The van der Waals surface area contributed by atoms with Crippen LogP contribution < -0.4 is 4.74 Å². The Morgan fingerprint density at radius 3 is 2.34 bits per heavy atom. The first-order valence-corrected chi connectivity index (χ1v) is 12.4. The number of hydrogen-bond donors (Lipinski definition) is 0. The van der Waals surface area contributed by atoms with Gasteiger partial charge in [0, 0.05) is 38.3 Å². The minimum atomic E-state index is -3.48. The summed E-state index contributed by atoms with van der Waals surface area (Å²) in [5.74, 6) is 0.619. The molecule has 0 saturated carbocycles. The van der Waals surface area contributed by atoms with E-state index in [-0.39, 0.29) is 6.61 Å². The molecule has 0 aliphatic carbocycles. The maximum absolute atomic E-state index is 12.9. The predicted molar refractivity (Wildman–Crippen MR) is 123 cm³/mol. The third-order valence-electron chi connectivity index (χ3n) is 5.51. The van der Waals surface area contributed by atoms with Gasteiger partial charge in [0.2, 0.25) is 10.0 Å². The third-order valence-corrected chi connectivity index (χ3v) is 7.42. The summed E-state index contributed by atoms with van der Waals surface area (Å²) in [7, 11) is -3.48. The largest absolute Gasteiger partial charge is 0.482 e. The lowest BCUT2D eigenvalue weighted by Crippen LogP contribution is -2.48. The molecule has 1 saturated heterocycles. The van der Waals surface area contributed by atoms with Crippen molar-refractivity contribution in [3.05, 3.63) is 59.7 Å². The highest BCUT2D eigenvalue weighted by molar-refractivity contribution is 7.89. The van der Waals surface area contributed by atoms with Gasteiger partial charge in [-0.05, 0) is 36.6 Å². The molecular weight excluding hydrogens is 428 g/mol. The molecule has 3 rings (SSSR count). The van der Waals surface area contributed by atoms with Crippen LogP contribution in [0, 0.1) is 0 Å². The summed E-state index contributed by atoms with van der Waals surface area (Å²) in [6, 6.07) is 14.6. The van der Waals surface area contributed by atoms with Crippen molar-refractivity contribution in [3.63, 3.8) is 0 Å². The number of piperazine rings is 1. The van der Waals surface area contributed by atoms with Crippen molar-refractivity contribution < 1.29 is 22.7 Å². The van der Waals surface area contributed by atoms with Crippen LogP contribution in [0.4, 0.5) is 0 Å². The summed E-state index contributed by atoms with van der Waals surface area (Å²) in [4.78, 5) is 14.3. The number of carbonyl (C=O) groups is 1. The normalized spacial score (nSPS) is 15.6. The van der Waals surface area contributed by atoms with Crippen LogP contribution in [0.3, 0.4) is 0 Å². The molecule has 1 heterocycles. The minimum absolute atomic E-state index is 0.134. The molecule has 174 valence electrons. The Balaban J connectivity index is 1.67. The number of sulfonamides is 1. The summed E-state index contributed by atoms with van der Waals surface area (Å²) >= 11 is 0. The second kappa shape index (κ2) is 10.9. The predicted octanol–water partition coefficient (Wildman–Crippen LogP) is 3.26. The lowest BCUT2D eigenvalue weighted by atomic mass is 10.00. The van der Waals surface area contributed by atoms with Crippen LogP contribution in [0.2, 0.25) is 0 Å². The highest BCUT2D eigenvalue weighted by Gasteiger charge is 2.28. The number of hydrogen-bond acceptors (Lipinski definition) is 6. The molecule has 1 aliphatic heterocycles. The van der Waals surface area contributed by atoms with Crippen molar-refractivity contribution in [2.75, 3.05) is 39.4 Å². The zero-order valence-electron chi connectivity index (χ0n) is 19.0. The van der Waals surface area contributed by atoms with E-state index >= 15 is 0 Å². The van der Waals surface area contributed by atoms with Gasteiger partial charge in [-0.1, -0.05) is 44.2 Å². The van der Waals surface area contributed by atoms with Gasteiger partial charge >= 0.3 is 5.97 Å². The maximum Gasteiger partial charge on any atom is 0.344 e. The number of nitrogens with zero attached hydrogens (tertiary/aromatic N) is 2. The number of rotatable bonds is 9. The quantitative estimate of drug-likeness (QED) is 0.535. The smallest absolute Gasteiger partial charge is 0.344 e. The van der Waals surface area contributed by atoms with E-state index < -0.39 is 16.0 Å². The van der Waals surface area contributed by atoms with E-state index in [1.807, 2.05) is 18.2 Å². The molecule has 7 nitrogen and oxygen atoms in total. The molecule has 2 aromatic carbocycles. The Morgan fingerprint density at radius 2 is 1.72 bits per heavy atom. The van der Waals surface area contributed by atoms with Crippen molar-refractivity contribution in [1.82, 2.24) is 9.21 Å². The standard InChI is InChI=1S/C24H32N2O5S/c1-4-30-24(27)18-31-23-11-10-20(19(2)3)16-21(23)17-25-12-14-26(15-13-25)32(28,29)22-8-6-5-7-9-22/h5-11,16,19H,4,12-15,17-18H2,1-3H3. The van der Waals surface area contributed by atoms with Gasteiger partial charge in [0.1, 0.15) is 5.75 Å². The van der Waals surface area contributed by atoms with E-state index in [0.717, 1.165) is 5.56 Å². The molecule has 0 N–H and O–H groups in total. The first-order chi connectivity index (χ1) is 15.3. The van der Waals surface area contributed by atoms with Crippen molar-refractivity contribution in [2.24, 2.45) is 0 Å². The topological polar surface area (TPSA) is 76.2 Å². The summed E-state index contributed by atoms with van der Waals surface area (Å²) < 4.78 is 38.0. The van der Waals surface area contributed by atoms with Crippen molar-refractivity contribution in [3.8, 4) is 5.75 Å². The van der Waals surface area contributed by atoms with Crippen molar-refractivity contribution in [1.29, 1.82) is 0 Å². The third kappa shape index (κ3) is 6.09. The minimum Gasteiger partial charge on any atom is -0.482 e. The molecule has 8 heteroatoms. The Kier molecular flexibility index (Phi) is 8.28. The van der Waals surface area contributed by atoms with Gasteiger partial charge in [0.25, 0.3) is 0 Å². The summed E-state index contributed by atoms with van der Waals surface area (Å²) in [6.07, 6.45) is 0. The molecule has 1 fully saturated rings. The molecule has 0 amide bonds. The molecule has 0 unspecified atom stereocenters. The fourth-order valence-corrected chi connectivity index (χ4v) is 5.12. The van der Waals surface area contributed by atoms with Crippen molar-refractivity contribution in [2.45, 2.75) is 38.1 Å². The van der Waals surface area contributed by atoms with Crippen LogP contribution in [0.15, 0.2) is 53.4 Å². The van der Waals surface area contributed by atoms with Crippen molar-refractivity contribution >= 4 is 16.0 Å². The molecular formula is C24H32N2O5S. The molecule has 1 aliphatic rings. The van der Waals surface area contributed by atoms with Gasteiger partial charge in [-0.3, -0.25) is 4.90 Å². The molecule has 0 aromatic heterocycles. The summed E-state index contributed by atoms with van der Waals surface area (Å²) in [6.45, 7) is 8.93. The van der Waals surface area contributed by atoms with Gasteiger partial charge in [-0.2, -0.15) is 4.31 Å². The second-order valence-corrected chi connectivity index (χ2v) is 10.0. The number of esters is 1. The first kappa shape index (κ1) is 24.2. The Bertz CT molecular complexity index is 1000. The maximum atomic E-state index is 12.9. The van der Waals surface area contributed by atoms with Gasteiger partial charge in [-0.15, -0.1) is 0 Å². The highest BCUT2D eigenvalue weighted by atomic mass is 32.2. The van der Waals surface area contributed by atoms with E-state index in [1.165, 1.54) is 5.56 Å². The van der Waals surface area contributed by atoms with Gasteiger partial charge in [0.05, 0.1) is 11.5 Å². The lowest BCUT2D eigenvalue weighted by molar-refractivity contribution is -0.145. The van der Waals surface area contributed by atoms with E-state index in [2.05, 4.69) is 24.8 Å². The van der Waals surface area contributed by atoms with Crippen LogP contribution in [-0.2, 0) is 26.1 Å². The van der Waals surface area contributed by atoms with Crippen LogP contribution in [0.1, 0.15) is 37.8 Å². The van der Waals surface area contributed by atoms with E-state index in [0.29, 0.717) is 55.9 Å². The Morgan fingerprint density at radius 1 is 1.03 bits per heavy atom. The number of ether oxygens (including phenoxy) is 2. The molecule has 0 bridgehead atoms. The fraction of sp³-hybridized carbons (Fsp3) is 0.458. The highest BCUT2D eigenvalue weighted by Crippen LogP contribution is 2.27. The zero-order chi connectivity index (χ0) is 23.1. The van der Waals surface area contributed by atoms with Crippen LogP contribution in [-0.4, -0.2) is 63.0 Å². The fourth-order valence-electron chi connectivity index (χ4n) is 3.67. The number of carbonyl (C=O) groups excluding carboxylic acids is 1. The van der Waals surface area contributed by atoms with E-state index in [4.69, 9.17) is 9.47 Å². The first-order valence-electron chi connectivity index (χ1n) is 11.0. The van der Waals surface area contributed by atoms with Gasteiger partial charge < -0.3 is 9.47 Å². The molecule has 0 spiro atoms. The summed E-state index contributed by atoms with van der Waals surface area (Å²) in [5.41, 5.74) is 2.17. The molecule has 0 atom stereocenters. The Hall–Kier alpha value is -2.42. The SMILES string of the molecule is CCOC(=O)COc1ccc(C(C)C)cc1CN1CCN(S(=O)(=O)c2ccccc2)CC1. The monoisotopic (exact) mass is 460 g/mol. The van der Waals surface area contributed by atoms with Crippen LogP contribution >= 0.6 is 0 Å². The molecule has 32 heavy (non-hydrogen) atoms. The molecule has 0 radical (unpaired) electrons. The molecule has 2 aromatic rings. The second-order valence-electron chi connectivity index (χ2n) is 8.11. The zero-order valence-corrected chi connectivity index (χ0v) is 19.8. The average molecular weight is 461 g/mol. The van der Waals surface area contributed by atoms with Crippen LogP contribution in [0.25, 0.3) is 0 Å². The van der Waals surface area contributed by atoms with Gasteiger partial charge in [-0.25, -0.2) is 13.2 Å². The van der Waals surface area contributed by atoms with E-state index in [1.54, 1.807) is 35.5 Å². The lowest BCUT2D eigenvalue weighted by Gasteiger charge is -2.34. The number of benzene rings is 2.